The molecule has 1 aromatic rings. The molecule has 2 N–H and O–H groups in total. The van der Waals surface area contributed by atoms with Gasteiger partial charge in [-0.2, -0.15) is 8.78 Å². The number of benzene rings is 1. The molecule has 28 heavy (non-hydrogen) atoms. The summed E-state index contributed by atoms with van der Waals surface area (Å²) in [4.78, 5) is 6.72. The van der Waals surface area contributed by atoms with Gasteiger partial charge in [-0.05, 0) is 38.9 Å². The van der Waals surface area contributed by atoms with Gasteiger partial charge >= 0.3 is 6.61 Å². The van der Waals surface area contributed by atoms with Crippen LogP contribution >= 0.6 is 0 Å². The van der Waals surface area contributed by atoms with Gasteiger partial charge in [0, 0.05) is 31.7 Å². The molecule has 1 fully saturated rings. The molecule has 1 aliphatic heterocycles. The number of nitrogens with zero attached hydrogens (tertiary/aromatic N) is 2. The first-order valence-corrected chi connectivity index (χ1v) is 9.97. The second kappa shape index (κ2) is 11.7. The van der Waals surface area contributed by atoms with Crippen LogP contribution in [0.4, 0.5) is 8.78 Å². The molecule has 1 unspecified atom stereocenters. The van der Waals surface area contributed by atoms with Crippen LogP contribution in [0.1, 0.15) is 38.7 Å². The van der Waals surface area contributed by atoms with Gasteiger partial charge in [0.2, 0.25) is 0 Å². The van der Waals surface area contributed by atoms with Crippen molar-refractivity contribution in [1.82, 2.24) is 15.5 Å². The van der Waals surface area contributed by atoms with Crippen molar-refractivity contribution in [1.29, 1.82) is 0 Å². The number of likely N-dealkylation sites (tertiary alicyclic amines) is 1. The van der Waals surface area contributed by atoms with E-state index in [4.69, 9.17) is 9.47 Å². The van der Waals surface area contributed by atoms with Crippen molar-refractivity contribution in [2.45, 2.75) is 52.3 Å². The van der Waals surface area contributed by atoms with E-state index in [0.29, 0.717) is 36.5 Å². The third-order valence-electron chi connectivity index (χ3n) is 4.90. The van der Waals surface area contributed by atoms with Crippen LogP contribution in [-0.4, -0.2) is 56.8 Å². The van der Waals surface area contributed by atoms with Crippen molar-refractivity contribution in [2.24, 2.45) is 4.99 Å². The van der Waals surface area contributed by atoms with Crippen LogP contribution in [0.2, 0.25) is 0 Å². The Labute approximate surface area is 166 Å². The van der Waals surface area contributed by atoms with Crippen LogP contribution in [0, 0.1) is 0 Å². The van der Waals surface area contributed by atoms with Gasteiger partial charge in [0.1, 0.15) is 0 Å². The molecule has 1 aliphatic rings. The fourth-order valence-corrected chi connectivity index (χ4v) is 3.51. The molecule has 1 saturated heterocycles. The Kier molecular flexibility index (Phi) is 9.27. The Morgan fingerprint density at radius 2 is 2.11 bits per heavy atom. The smallest absolute Gasteiger partial charge is 0.387 e. The maximum Gasteiger partial charge on any atom is 0.387 e. The van der Waals surface area contributed by atoms with Gasteiger partial charge in [0.25, 0.3) is 0 Å². The second-order valence-corrected chi connectivity index (χ2v) is 6.64. The molecule has 0 radical (unpaired) electrons. The van der Waals surface area contributed by atoms with E-state index < -0.39 is 6.61 Å². The van der Waals surface area contributed by atoms with Gasteiger partial charge in [0.05, 0.1) is 6.61 Å². The third-order valence-corrected chi connectivity index (χ3v) is 4.90. The zero-order valence-electron chi connectivity index (χ0n) is 17.0. The molecule has 0 spiro atoms. The minimum atomic E-state index is -2.91. The van der Waals surface area contributed by atoms with Gasteiger partial charge in [-0.25, -0.2) is 0 Å². The van der Waals surface area contributed by atoms with E-state index >= 15 is 0 Å². The summed E-state index contributed by atoms with van der Waals surface area (Å²) < 4.78 is 35.8. The number of guanidine groups is 1. The van der Waals surface area contributed by atoms with Crippen LogP contribution in [0.25, 0.3) is 0 Å². The topological polar surface area (TPSA) is 58.1 Å². The number of piperidine rings is 1. The lowest BCUT2D eigenvalue weighted by Crippen LogP contribution is -2.48. The highest BCUT2D eigenvalue weighted by Crippen LogP contribution is 2.32. The number of alkyl halides is 2. The Morgan fingerprint density at radius 1 is 1.29 bits per heavy atom. The van der Waals surface area contributed by atoms with Crippen molar-refractivity contribution in [3.8, 4) is 11.5 Å². The maximum atomic E-state index is 12.8. The molecule has 1 aromatic carbocycles. The number of hydrogen-bond acceptors (Lipinski definition) is 4. The van der Waals surface area contributed by atoms with E-state index in [1.54, 1.807) is 32.2 Å². The van der Waals surface area contributed by atoms with E-state index in [-0.39, 0.29) is 5.75 Å². The summed E-state index contributed by atoms with van der Waals surface area (Å²) in [5.74, 6) is 1.00. The lowest BCUT2D eigenvalue weighted by atomic mass is 10.0. The molecule has 1 heterocycles. The van der Waals surface area contributed by atoms with Crippen LogP contribution < -0.4 is 20.1 Å². The summed E-state index contributed by atoms with van der Waals surface area (Å²) >= 11 is 0. The lowest BCUT2D eigenvalue weighted by Gasteiger charge is -2.35. The van der Waals surface area contributed by atoms with Gasteiger partial charge in [0.15, 0.2) is 17.5 Å². The number of ether oxygens (including phenoxy) is 2. The van der Waals surface area contributed by atoms with Crippen molar-refractivity contribution in [3.05, 3.63) is 23.8 Å². The zero-order valence-corrected chi connectivity index (χ0v) is 17.0. The van der Waals surface area contributed by atoms with Crippen molar-refractivity contribution in [2.75, 3.05) is 33.3 Å². The Hall–Kier alpha value is -2.09. The minimum Gasteiger partial charge on any atom is -0.490 e. The highest BCUT2D eigenvalue weighted by Gasteiger charge is 2.21. The van der Waals surface area contributed by atoms with Gasteiger partial charge in [-0.3, -0.25) is 9.89 Å². The van der Waals surface area contributed by atoms with Crippen molar-refractivity contribution in [3.63, 3.8) is 0 Å². The Bertz CT molecular complexity index is 628. The predicted molar refractivity (Wildman–Crippen MR) is 107 cm³/mol. The molecule has 8 heteroatoms. The number of nitrogens with one attached hydrogen (secondary N) is 2. The number of likely N-dealkylation sites (N-methyl/N-ethyl adjacent to an activating group) is 1. The van der Waals surface area contributed by atoms with E-state index in [1.807, 2.05) is 0 Å². The molecule has 6 nitrogen and oxygen atoms in total. The fourth-order valence-electron chi connectivity index (χ4n) is 3.51. The number of aliphatic imine (C=N–C) groups is 1. The molecular weight excluding hydrogens is 366 g/mol. The maximum absolute atomic E-state index is 12.8. The molecule has 0 aliphatic carbocycles. The largest absolute Gasteiger partial charge is 0.490 e. The second-order valence-electron chi connectivity index (χ2n) is 6.64. The highest BCUT2D eigenvalue weighted by molar-refractivity contribution is 5.79. The van der Waals surface area contributed by atoms with Gasteiger partial charge in [-0.15, -0.1) is 0 Å². The molecular formula is C20H32F2N4O2. The van der Waals surface area contributed by atoms with E-state index in [9.17, 15) is 8.78 Å². The van der Waals surface area contributed by atoms with E-state index in [0.717, 1.165) is 19.6 Å². The molecule has 158 valence electrons. The summed E-state index contributed by atoms with van der Waals surface area (Å²) in [6, 6.07) is 5.61. The zero-order chi connectivity index (χ0) is 20.4. The molecule has 0 aromatic heterocycles. The van der Waals surface area contributed by atoms with Crippen LogP contribution in [0.15, 0.2) is 23.2 Å². The normalized spacial score (nSPS) is 18.2. The molecule has 0 saturated carbocycles. The summed E-state index contributed by atoms with van der Waals surface area (Å²) in [5, 5.41) is 6.53. The first-order chi connectivity index (χ1) is 13.6. The third kappa shape index (κ3) is 6.51. The summed E-state index contributed by atoms with van der Waals surface area (Å²) in [6.45, 7) is 4.70. The first-order valence-electron chi connectivity index (χ1n) is 9.97. The van der Waals surface area contributed by atoms with Crippen LogP contribution in [-0.2, 0) is 6.54 Å². The summed E-state index contributed by atoms with van der Waals surface area (Å²) in [5.41, 5.74) is 0.585. The summed E-state index contributed by atoms with van der Waals surface area (Å²) in [7, 11) is 1.70. The quantitative estimate of drug-likeness (QED) is 0.494. The summed E-state index contributed by atoms with van der Waals surface area (Å²) in [6.07, 6.45) is 3.66. The Morgan fingerprint density at radius 3 is 2.79 bits per heavy atom. The first kappa shape index (κ1) is 22.2. The van der Waals surface area contributed by atoms with Gasteiger partial charge < -0.3 is 20.1 Å². The number of para-hydroxylation sites is 1. The number of halogens is 2. The average Bonchev–Trinajstić information content (AvgIpc) is 2.70. The van der Waals surface area contributed by atoms with E-state index in [2.05, 4.69) is 27.4 Å². The predicted octanol–water partition coefficient (Wildman–Crippen LogP) is 3.23. The SMILES string of the molecule is CCOc1cccc(CNC(=NC)NCC2CCCCN2CC)c1OC(F)F. The monoisotopic (exact) mass is 398 g/mol. The van der Waals surface area contributed by atoms with Crippen molar-refractivity contribution >= 4 is 5.96 Å². The van der Waals surface area contributed by atoms with Crippen LogP contribution in [0.5, 0.6) is 11.5 Å². The average molecular weight is 398 g/mol. The minimum absolute atomic E-state index is 0.0618. The highest BCUT2D eigenvalue weighted by atomic mass is 19.3. The molecule has 0 amide bonds. The fraction of sp³-hybridized carbons (Fsp3) is 0.650. The van der Waals surface area contributed by atoms with Gasteiger partial charge in [-0.1, -0.05) is 25.5 Å². The molecule has 0 bridgehead atoms. The van der Waals surface area contributed by atoms with Crippen LogP contribution in [0.3, 0.4) is 0 Å². The molecule has 1 atom stereocenters. The lowest BCUT2D eigenvalue weighted by molar-refractivity contribution is -0.0520. The number of rotatable bonds is 9. The van der Waals surface area contributed by atoms with E-state index in [1.165, 1.54) is 19.3 Å². The standard InChI is InChI=1S/C20H32F2N4O2/c1-4-26-12-7-6-10-16(26)14-25-20(23-3)24-13-15-9-8-11-17(27-5-2)18(15)28-19(21)22/h8-9,11,16,19H,4-7,10,12-14H2,1-3H3,(H2,23,24,25). The molecule has 2 rings (SSSR count). The number of hydrogen-bond donors (Lipinski definition) is 2. The van der Waals surface area contributed by atoms with Crippen molar-refractivity contribution < 1.29 is 18.3 Å². The Balaban J connectivity index is 1.98.